The number of hydrogen-bond donors (Lipinski definition) is 1. The van der Waals surface area contributed by atoms with Crippen molar-refractivity contribution in [2.24, 2.45) is 0 Å². The Bertz CT molecular complexity index is 1380. The van der Waals surface area contributed by atoms with Gasteiger partial charge in [0.1, 0.15) is 11.6 Å². The van der Waals surface area contributed by atoms with E-state index in [2.05, 4.69) is 15.5 Å². The number of nitrogens with one attached hydrogen (secondary N) is 1. The lowest BCUT2D eigenvalue weighted by Crippen LogP contribution is -2.28. The fourth-order valence-electron chi connectivity index (χ4n) is 3.48. The SMILES string of the molecule is COc1cccc(CSc2nnc(C(C)NC(=O)c3ccc(F)cc3)n2-c2ccc([N+](=O)[O-])cc2)c1. The molecule has 4 aromatic rings. The van der Waals surface area contributed by atoms with Gasteiger partial charge in [-0.3, -0.25) is 19.5 Å². The largest absolute Gasteiger partial charge is 0.497 e. The quantitative estimate of drug-likeness (QED) is 0.190. The van der Waals surface area contributed by atoms with Gasteiger partial charge in [0.15, 0.2) is 11.0 Å². The van der Waals surface area contributed by atoms with Crippen molar-refractivity contribution < 1.29 is 18.8 Å². The Kier molecular flexibility index (Phi) is 7.59. The number of nitro groups is 1. The molecule has 0 bridgehead atoms. The number of methoxy groups -OCH3 is 1. The number of ether oxygens (including phenoxy) is 1. The van der Waals surface area contributed by atoms with E-state index < -0.39 is 22.7 Å². The van der Waals surface area contributed by atoms with Gasteiger partial charge in [0, 0.05) is 29.1 Å². The Balaban J connectivity index is 1.63. The predicted octanol–water partition coefficient (Wildman–Crippen LogP) is 5.11. The number of halogens is 1. The number of nitrogens with zero attached hydrogens (tertiary/aromatic N) is 4. The normalized spacial score (nSPS) is 11.6. The second-order valence-corrected chi connectivity index (χ2v) is 8.73. The van der Waals surface area contributed by atoms with Crippen LogP contribution in [0.5, 0.6) is 5.75 Å². The minimum atomic E-state index is -0.573. The molecule has 1 aromatic heterocycles. The Morgan fingerprint density at radius 1 is 1.14 bits per heavy atom. The summed E-state index contributed by atoms with van der Waals surface area (Å²) >= 11 is 1.43. The lowest BCUT2D eigenvalue weighted by atomic mass is 10.2. The number of hydrogen-bond acceptors (Lipinski definition) is 7. The van der Waals surface area contributed by atoms with Crippen molar-refractivity contribution in [3.8, 4) is 11.4 Å². The number of carbonyl (C=O) groups excluding carboxylic acids is 1. The van der Waals surface area contributed by atoms with Crippen molar-refractivity contribution >= 4 is 23.4 Å². The number of aromatic nitrogens is 3. The van der Waals surface area contributed by atoms with Crippen LogP contribution in [0, 0.1) is 15.9 Å². The molecule has 0 radical (unpaired) electrons. The molecule has 1 unspecified atom stereocenters. The summed E-state index contributed by atoms with van der Waals surface area (Å²) in [4.78, 5) is 23.3. The van der Waals surface area contributed by atoms with Gasteiger partial charge in [0.2, 0.25) is 0 Å². The van der Waals surface area contributed by atoms with Gasteiger partial charge in [-0.1, -0.05) is 23.9 Å². The number of thioether (sulfide) groups is 1. The Morgan fingerprint density at radius 3 is 2.53 bits per heavy atom. The highest BCUT2D eigenvalue weighted by atomic mass is 32.2. The molecule has 0 aliphatic rings. The molecule has 11 heteroatoms. The zero-order valence-electron chi connectivity index (χ0n) is 19.4. The van der Waals surface area contributed by atoms with Gasteiger partial charge in [0.05, 0.1) is 18.1 Å². The van der Waals surface area contributed by atoms with Crippen molar-refractivity contribution in [2.45, 2.75) is 23.9 Å². The van der Waals surface area contributed by atoms with Gasteiger partial charge in [0.25, 0.3) is 11.6 Å². The molecule has 0 aliphatic carbocycles. The van der Waals surface area contributed by atoms with E-state index >= 15 is 0 Å². The topological polar surface area (TPSA) is 112 Å². The summed E-state index contributed by atoms with van der Waals surface area (Å²) in [6, 6.07) is 18.3. The second-order valence-electron chi connectivity index (χ2n) is 7.79. The van der Waals surface area contributed by atoms with E-state index in [0.717, 1.165) is 11.3 Å². The van der Waals surface area contributed by atoms with Gasteiger partial charge >= 0.3 is 0 Å². The first kappa shape index (κ1) is 24.9. The molecule has 0 saturated heterocycles. The van der Waals surface area contributed by atoms with E-state index in [1.165, 1.54) is 48.2 Å². The molecule has 1 heterocycles. The van der Waals surface area contributed by atoms with E-state index in [0.29, 0.717) is 28.0 Å². The molecule has 1 N–H and O–H groups in total. The summed E-state index contributed by atoms with van der Waals surface area (Å²) < 4.78 is 20.3. The molecule has 0 saturated carbocycles. The molecular formula is C25H22FN5O4S. The molecule has 1 atom stereocenters. The van der Waals surface area contributed by atoms with Crippen LogP contribution in [0.15, 0.2) is 78.0 Å². The second kappa shape index (κ2) is 11.0. The Hall–Kier alpha value is -4.25. The molecule has 0 spiro atoms. The summed E-state index contributed by atoms with van der Waals surface area (Å²) in [5.41, 5.74) is 1.88. The number of non-ortho nitro benzene ring substituents is 1. The third-order valence-corrected chi connectivity index (χ3v) is 6.32. The minimum Gasteiger partial charge on any atom is -0.497 e. The Labute approximate surface area is 210 Å². The highest BCUT2D eigenvalue weighted by Gasteiger charge is 2.22. The summed E-state index contributed by atoms with van der Waals surface area (Å²) in [6.07, 6.45) is 0. The zero-order chi connectivity index (χ0) is 25.7. The van der Waals surface area contributed by atoms with Gasteiger partial charge in [-0.15, -0.1) is 10.2 Å². The molecule has 3 aromatic carbocycles. The molecule has 4 rings (SSSR count). The summed E-state index contributed by atoms with van der Waals surface area (Å²) in [7, 11) is 1.60. The maximum Gasteiger partial charge on any atom is 0.269 e. The average molecular weight is 508 g/mol. The molecule has 36 heavy (non-hydrogen) atoms. The van der Waals surface area contributed by atoms with Crippen LogP contribution in [0.25, 0.3) is 5.69 Å². The lowest BCUT2D eigenvalue weighted by molar-refractivity contribution is -0.384. The van der Waals surface area contributed by atoms with Gasteiger partial charge in [-0.2, -0.15) is 0 Å². The fraction of sp³-hybridized carbons (Fsp3) is 0.160. The Morgan fingerprint density at radius 2 is 1.86 bits per heavy atom. The number of benzene rings is 3. The standard InChI is InChI=1S/C25H22FN5O4S/c1-16(27-24(32)18-6-8-19(26)9-7-18)23-28-29-25(36-15-17-4-3-5-22(14-17)35-2)30(23)20-10-12-21(13-11-20)31(33)34/h3-14,16H,15H2,1-2H3,(H,27,32). The first-order valence-corrected chi connectivity index (χ1v) is 11.9. The van der Waals surface area contributed by atoms with Crippen molar-refractivity contribution in [2.75, 3.05) is 7.11 Å². The van der Waals surface area contributed by atoms with E-state index in [4.69, 9.17) is 4.74 Å². The molecule has 9 nitrogen and oxygen atoms in total. The summed E-state index contributed by atoms with van der Waals surface area (Å²) in [5.74, 6) is 0.912. The van der Waals surface area contributed by atoms with E-state index in [9.17, 15) is 19.3 Å². The first-order chi connectivity index (χ1) is 17.4. The number of nitro benzene ring substituents is 1. The zero-order valence-corrected chi connectivity index (χ0v) is 20.2. The third kappa shape index (κ3) is 5.69. The van der Waals surface area contributed by atoms with Gasteiger partial charge in [-0.05, 0) is 61.0 Å². The van der Waals surface area contributed by atoms with Crippen LogP contribution in [0.3, 0.4) is 0 Å². The van der Waals surface area contributed by atoms with E-state index in [1.54, 1.807) is 30.7 Å². The molecular weight excluding hydrogens is 485 g/mol. The monoisotopic (exact) mass is 507 g/mol. The van der Waals surface area contributed by atoms with Crippen LogP contribution >= 0.6 is 11.8 Å². The number of amides is 1. The highest BCUT2D eigenvalue weighted by Crippen LogP contribution is 2.29. The van der Waals surface area contributed by atoms with Crippen molar-refractivity contribution in [1.82, 2.24) is 20.1 Å². The molecule has 1 amide bonds. The van der Waals surface area contributed by atoms with Gasteiger partial charge < -0.3 is 10.1 Å². The van der Waals surface area contributed by atoms with Crippen molar-refractivity contribution in [3.05, 3.63) is 106 Å². The van der Waals surface area contributed by atoms with Crippen molar-refractivity contribution in [1.29, 1.82) is 0 Å². The minimum absolute atomic E-state index is 0.0448. The van der Waals surface area contributed by atoms with Crippen LogP contribution in [-0.2, 0) is 5.75 Å². The maximum atomic E-state index is 13.2. The van der Waals surface area contributed by atoms with Crippen LogP contribution in [0.4, 0.5) is 10.1 Å². The predicted molar refractivity (Wildman–Crippen MR) is 133 cm³/mol. The van der Waals surface area contributed by atoms with Crippen LogP contribution in [0.2, 0.25) is 0 Å². The first-order valence-electron chi connectivity index (χ1n) is 10.9. The number of rotatable bonds is 9. The van der Waals surface area contributed by atoms with Crippen molar-refractivity contribution in [3.63, 3.8) is 0 Å². The van der Waals surface area contributed by atoms with E-state index in [-0.39, 0.29) is 5.69 Å². The molecule has 0 fully saturated rings. The third-order valence-electron chi connectivity index (χ3n) is 5.32. The maximum absolute atomic E-state index is 13.2. The van der Waals surface area contributed by atoms with Gasteiger partial charge in [-0.25, -0.2) is 4.39 Å². The number of carbonyl (C=O) groups is 1. The molecule has 184 valence electrons. The fourth-order valence-corrected chi connectivity index (χ4v) is 4.38. The smallest absolute Gasteiger partial charge is 0.269 e. The van der Waals surface area contributed by atoms with Crippen LogP contribution < -0.4 is 10.1 Å². The molecule has 0 aliphatic heterocycles. The van der Waals surface area contributed by atoms with Crippen LogP contribution in [-0.4, -0.2) is 32.7 Å². The lowest BCUT2D eigenvalue weighted by Gasteiger charge is -2.16. The van der Waals surface area contributed by atoms with E-state index in [1.807, 2.05) is 24.3 Å². The summed E-state index contributed by atoms with van der Waals surface area (Å²) in [5, 5.41) is 23.2. The average Bonchev–Trinajstić information content (AvgIpc) is 3.32. The van der Waals surface area contributed by atoms with Crippen LogP contribution in [0.1, 0.15) is 34.7 Å². The summed E-state index contributed by atoms with van der Waals surface area (Å²) in [6.45, 7) is 1.75. The highest BCUT2D eigenvalue weighted by molar-refractivity contribution is 7.98.